The monoisotopic (exact) mass is 312 g/mol. The number of ether oxygens (including phenoxy) is 2. The number of aliphatic hydroxyl groups is 1. The Morgan fingerprint density at radius 1 is 1.00 bits per heavy atom. The van der Waals surface area contributed by atoms with E-state index in [2.05, 4.69) is 0 Å². The van der Waals surface area contributed by atoms with Crippen LogP contribution in [-0.4, -0.2) is 36.4 Å². The van der Waals surface area contributed by atoms with E-state index in [1.54, 1.807) is 13.8 Å². The number of hydrogen-bond donors (Lipinski definition) is 1. The van der Waals surface area contributed by atoms with Crippen molar-refractivity contribution < 1.29 is 24.2 Å². The number of carbonyl (C=O) groups excluding carboxylic acids is 2. The van der Waals surface area contributed by atoms with E-state index in [-0.39, 0.29) is 18.4 Å². The molecule has 0 aromatic heterocycles. The average Bonchev–Trinajstić information content (AvgIpc) is 2.38. The second kappa shape index (κ2) is 10.2. The Morgan fingerprint density at radius 2 is 1.55 bits per heavy atom. The van der Waals surface area contributed by atoms with E-state index in [1.165, 1.54) is 12.2 Å². The van der Waals surface area contributed by atoms with Gasteiger partial charge in [-0.3, -0.25) is 0 Å². The van der Waals surface area contributed by atoms with E-state index >= 15 is 0 Å². The third-order valence-corrected chi connectivity index (χ3v) is 2.92. The van der Waals surface area contributed by atoms with Crippen LogP contribution in [0.5, 0.6) is 0 Å². The van der Waals surface area contributed by atoms with Crippen LogP contribution in [0.1, 0.15) is 41.5 Å². The van der Waals surface area contributed by atoms with Crippen molar-refractivity contribution in [2.75, 3.05) is 13.2 Å². The van der Waals surface area contributed by atoms with Gasteiger partial charge in [0.1, 0.15) is 6.61 Å². The van der Waals surface area contributed by atoms with Gasteiger partial charge in [-0.25, -0.2) is 9.59 Å². The highest BCUT2D eigenvalue weighted by molar-refractivity contribution is 5.83. The van der Waals surface area contributed by atoms with Crippen molar-refractivity contribution in [2.24, 2.45) is 11.8 Å². The molecular formula is C17H28O5. The zero-order valence-corrected chi connectivity index (χ0v) is 14.4. The number of rotatable bonds is 8. The molecule has 0 amide bonds. The zero-order valence-electron chi connectivity index (χ0n) is 14.4. The zero-order chi connectivity index (χ0) is 17.3. The van der Waals surface area contributed by atoms with Crippen molar-refractivity contribution in [2.45, 2.75) is 47.6 Å². The Balaban J connectivity index is 4.56. The van der Waals surface area contributed by atoms with Gasteiger partial charge in [0, 0.05) is 12.2 Å². The van der Waals surface area contributed by atoms with Crippen LogP contribution in [0, 0.1) is 11.8 Å². The van der Waals surface area contributed by atoms with Crippen molar-refractivity contribution >= 4 is 11.9 Å². The lowest BCUT2D eigenvalue weighted by molar-refractivity contribution is -0.155. The molecule has 0 bridgehead atoms. The summed E-state index contributed by atoms with van der Waals surface area (Å²) < 4.78 is 10.1. The van der Waals surface area contributed by atoms with Crippen molar-refractivity contribution in [3.63, 3.8) is 0 Å². The van der Waals surface area contributed by atoms with Crippen LogP contribution in [0.25, 0.3) is 0 Å². The van der Waals surface area contributed by atoms with Crippen LogP contribution < -0.4 is 0 Å². The summed E-state index contributed by atoms with van der Waals surface area (Å²) in [6.07, 6.45) is 1.93. The number of esters is 2. The summed E-state index contributed by atoms with van der Waals surface area (Å²) in [6.45, 7) is 11.0. The Bertz CT molecular complexity index is 418. The molecule has 0 rings (SSSR count). The molecule has 5 heteroatoms. The minimum atomic E-state index is -0.859. The van der Waals surface area contributed by atoms with Crippen LogP contribution in [0.15, 0.2) is 23.3 Å². The number of hydrogen-bond acceptors (Lipinski definition) is 5. The van der Waals surface area contributed by atoms with Gasteiger partial charge in [0.2, 0.25) is 0 Å². The lowest BCUT2D eigenvalue weighted by Crippen LogP contribution is -2.27. The maximum Gasteiger partial charge on any atom is 0.331 e. The molecule has 0 saturated carbocycles. The maximum atomic E-state index is 11.8. The van der Waals surface area contributed by atoms with Crippen molar-refractivity contribution in [1.29, 1.82) is 0 Å². The Labute approximate surface area is 133 Å². The Kier molecular flexibility index (Phi) is 9.42. The third kappa shape index (κ3) is 8.62. The first-order chi connectivity index (χ1) is 10.2. The van der Waals surface area contributed by atoms with Crippen LogP contribution >= 0.6 is 0 Å². The second-order valence-electron chi connectivity index (χ2n) is 6.05. The van der Waals surface area contributed by atoms with E-state index in [9.17, 15) is 14.7 Å². The molecule has 0 fully saturated rings. The van der Waals surface area contributed by atoms with Crippen LogP contribution in [-0.2, 0) is 19.1 Å². The predicted octanol–water partition coefficient (Wildman–Crippen LogP) is 2.64. The van der Waals surface area contributed by atoms with E-state index < -0.39 is 24.6 Å². The largest absolute Gasteiger partial charge is 0.458 e. The maximum absolute atomic E-state index is 11.8. The first-order valence-electron chi connectivity index (χ1n) is 7.52. The first kappa shape index (κ1) is 20.4. The van der Waals surface area contributed by atoms with Gasteiger partial charge in [-0.2, -0.15) is 0 Å². The topological polar surface area (TPSA) is 72.8 Å². The van der Waals surface area contributed by atoms with Gasteiger partial charge in [-0.1, -0.05) is 38.8 Å². The van der Waals surface area contributed by atoms with E-state index in [4.69, 9.17) is 9.47 Å². The summed E-state index contributed by atoms with van der Waals surface area (Å²) >= 11 is 0. The van der Waals surface area contributed by atoms with Crippen LogP contribution in [0.4, 0.5) is 0 Å². The lowest BCUT2D eigenvalue weighted by atomic mass is 9.92. The summed E-state index contributed by atoms with van der Waals surface area (Å²) in [5.74, 6) is -0.557. The minimum absolute atomic E-state index is 0.169. The molecule has 0 radical (unpaired) electrons. The standard InChI is InChI=1S/C17H28O5/c1-11(2)7-17(20)22-14(9-18)10-21-16(19)8-15(12(3)4)13(5)6/h7-8,12-14,18H,9-10H2,1-6H3/t14-/m0/s1. The highest BCUT2D eigenvalue weighted by Gasteiger charge is 2.16. The molecule has 0 unspecified atom stereocenters. The quantitative estimate of drug-likeness (QED) is 0.551. The molecule has 0 aromatic carbocycles. The Hall–Kier alpha value is -1.62. The van der Waals surface area contributed by atoms with Gasteiger partial charge in [-0.05, 0) is 25.7 Å². The fraction of sp³-hybridized carbons (Fsp3) is 0.647. The summed E-state index contributed by atoms with van der Waals surface area (Å²) in [7, 11) is 0. The molecule has 0 aromatic rings. The summed E-state index contributed by atoms with van der Waals surface area (Å²) in [6, 6.07) is 0. The summed E-state index contributed by atoms with van der Waals surface area (Å²) in [5.41, 5.74) is 1.78. The fourth-order valence-corrected chi connectivity index (χ4v) is 1.91. The van der Waals surface area contributed by atoms with Crippen molar-refractivity contribution in [1.82, 2.24) is 0 Å². The Morgan fingerprint density at radius 3 is 1.95 bits per heavy atom. The molecule has 0 spiro atoms. The van der Waals surface area contributed by atoms with Crippen LogP contribution in [0.3, 0.4) is 0 Å². The molecule has 0 saturated heterocycles. The molecule has 0 aliphatic heterocycles. The van der Waals surface area contributed by atoms with E-state index in [1.807, 2.05) is 27.7 Å². The molecule has 0 heterocycles. The van der Waals surface area contributed by atoms with Crippen molar-refractivity contribution in [3.05, 3.63) is 23.3 Å². The minimum Gasteiger partial charge on any atom is -0.458 e. The molecular weight excluding hydrogens is 284 g/mol. The fourth-order valence-electron chi connectivity index (χ4n) is 1.91. The highest BCUT2D eigenvalue weighted by atomic mass is 16.6. The third-order valence-electron chi connectivity index (χ3n) is 2.92. The average molecular weight is 312 g/mol. The van der Waals surface area contributed by atoms with Gasteiger partial charge < -0.3 is 14.6 Å². The van der Waals surface area contributed by atoms with E-state index in [0.29, 0.717) is 0 Å². The summed E-state index contributed by atoms with van der Waals surface area (Å²) in [4.78, 5) is 23.3. The van der Waals surface area contributed by atoms with Crippen molar-refractivity contribution in [3.8, 4) is 0 Å². The molecule has 22 heavy (non-hydrogen) atoms. The number of allylic oxidation sites excluding steroid dienone is 2. The SMILES string of the molecule is CC(C)=CC(=O)O[C@@H](CO)COC(=O)C=C(C(C)C)C(C)C. The normalized spacial score (nSPS) is 11.9. The lowest BCUT2D eigenvalue weighted by Gasteiger charge is -2.16. The van der Waals surface area contributed by atoms with Gasteiger partial charge in [0.15, 0.2) is 6.10 Å². The van der Waals surface area contributed by atoms with Gasteiger partial charge in [-0.15, -0.1) is 0 Å². The smallest absolute Gasteiger partial charge is 0.331 e. The summed E-state index contributed by atoms with van der Waals surface area (Å²) in [5, 5.41) is 9.18. The highest BCUT2D eigenvalue weighted by Crippen LogP contribution is 2.19. The first-order valence-corrected chi connectivity index (χ1v) is 7.52. The molecule has 0 aliphatic carbocycles. The predicted molar refractivity (Wildman–Crippen MR) is 85.1 cm³/mol. The molecule has 0 aliphatic rings. The number of carbonyl (C=O) groups is 2. The number of aliphatic hydroxyl groups excluding tert-OH is 1. The van der Waals surface area contributed by atoms with Crippen LogP contribution in [0.2, 0.25) is 0 Å². The molecule has 1 N–H and O–H groups in total. The molecule has 1 atom stereocenters. The van der Waals surface area contributed by atoms with Gasteiger partial charge in [0.25, 0.3) is 0 Å². The molecule has 5 nitrogen and oxygen atoms in total. The van der Waals surface area contributed by atoms with E-state index in [0.717, 1.165) is 11.1 Å². The molecule has 126 valence electrons. The van der Waals surface area contributed by atoms with Gasteiger partial charge >= 0.3 is 11.9 Å². The van der Waals surface area contributed by atoms with Gasteiger partial charge in [0.05, 0.1) is 6.61 Å². The second-order valence-corrected chi connectivity index (χ2v) is 6.05.